The Morgan fingerprint density at radius 1 is 1.55 bits per heavy atom. The Labute approximate surface area is 70.3 Å². The monoisotopic (exact) mass is 216 g/mol. The summed E-state index contributed by atoms with van der Waals surface area (Å²) in [5.41, 5.74) is -0.808. The summed E-state index contributed by atoms with van der Waals surface area (Å²) >= 11 is 2.96. The van der Waals surface area contributed by atoms with Gasteiger partial charge in [0, 0.05) is 18.5 Å². The summed E-state index contributed by atoms with van der Waals surface area (Å²) in [6.07, 6.45) is 2.64. The lowest BCUT2D eigenvalue weighted by atomic mass is 10.6. The number of hydrogen-bond acceptors (Lipinski definition) is 2. The summed E-state index contributed by atoms with van der Waals surface area (Å²) in [7, 11) is 0. The molecule has 1 aromatic rings. The molecule has 0 aliphatic carbocycles. The van der Waals surface area contributed by atoms with Gasteiger partial charge in [-0.2, -0.15) is 0 Å². The van der Waals surface area contributed by atoms with Crippen LogP contribution in [0.25, 0.3) is 6.20 Å². The van der Waals surface area contributed by atoms with Gasteiger partial charge in [0.1, 0.15) is 0 Å². The molecular weight excluding hydrogens is 212 g/mol. The summed E-state index contributed by atoms with van der Waals surface area (Å²) in [5, 5.41) is 0. The summed E-state index contributed by atoms with van der Waals surface area (Å²) in [6, 6.07) is 1.27. The number of aromatic amines is 1. The molecule has 0 bridgehead atoms. The molecule has 0 saturated heterocycles. The van der Waals surface area contributed by atoms with E-state index in [-0.39, 0.29) is 5.56 Å². The number of H-pyrrole nitrogens is 1. The van der Waals surface area contributed by atoms with Crippen LogP contribution < -0.4 is 11.2 Å². The minimum absolute atomic E-state index is 0.357. The Morgan fingerprint density at radius 3 is 2.82 bits per heavy atom. The van der Waals surface area contributed by atoms with Crippen LogP contribution in [0.15, 0.2) is 26.8 Å². The van der Waals surface area contributed by atoms with Gasteiger partial charge in [-0.15, -0.1) is 0 Å². The van der Waals surface area contributed by atoms with E-state index in [2.05, 4.69) is 20.9 Å². The van der Waals surface area contributed by atoms with E-state index in [1.54, 1.807) is 0 Å². The van der Waals surface area contributed by atoms with Gasteiger partial charge < -0.3 is 4.98 Å². The molecule has 5 heteroatoms. The van der Waals surface area contributed by atoms with Gasteiger partial charge in [0.25, 0.3) is 5.56 Å². The summed E-state index contributed by atoms with van der Waals surface area (Å²) < 4.78 is 0.953. The van der Waals surface area contributed by atoms with E-state index < -0.39 is 5.69 Å². The zero-order valence-corrected chi connectivity index (χ0v) is 7.04. The quantitative estimate of drug-likeness (QED) is 0.738. The van der Waals surface area contributed by atoms with E-state index in [0.717, 1.165) is 4.57 Å². The van der Waals surface area contributed by atoms with E-state index in [1.807, 2.05) is 0 Å². The van der Waals surface area contributed by atoms with Crippen LogP contribution in [0.5, 0.6) is 0 Å². The van der Waals surface area contributed by atoms with Crippen LogP contribution in [0.4, 0.5) is 0 Å². The first kappa shape index (κ1) is 8.00. The molecule has 0 amide bonds. The molecule has 0 spiro atoms. The van der Waals surface area contributed by atoms with Crippen molar-refractivity contribution >= 4 is 22.1 Å². The Balaban J connectivity index is 3.45. The predicted octanol–water partition coefficient (Wildman–Crippen LogP) is 0.360. The van der Waals surface area contributed by atoms with Crippen molar-refractivity contribution < 1.29 is 0 Å². The van der Waals surface area contributed by atoms with Crippen LogP contribution in [-0.2, 0) is 0 Å². The molecule has 1 rings (SSSR count). The second-order valence-electron chi connectivity index (χ2n) is 1.77. The van der Waals surface area contributed by atoms with Gasteiger partial charge in [0.2, 0.25) is 0 Å². The van der Waals surface area contributed by atoms with Gasteiger partial charge >= 0.3 is 5.69 Å². The number of aromatic nitrogens is 2. The first-order valence-corrected chi connectivity index (χ1v) is 3.74. The standard InChI is InChI=1S/C6H5BrN2O2/c7-2-4-9-5(10)1-3-8-6(9)11/h1-4H,(H,8,11)/b4-2+. The van der Waals surface area contributed by atoms with E-state index in [1.165, 1.54) is 23.4 Å². The molecule has 0 aromatic carbocycles. The predicted molar refractivity (Wildman–Crippen MR) is 45.6 cm³/mol. The highest BCUT2D eigenvalue weighted by Gasteiger charge is 1.92. The number of halogens is 1. The van der Waals surface area contributed by atoms with E-state index in [0.29, 0.717) is 0 Å². The molecule has 4 nitrogen and oxygen atoms in total. The molecule has 0 aliphatic rings. The summed E-state index contributed by atoms with van der Waals surface area (Å²) in [6.45, 7) is 0. The van der Waals surface area contributed by atoms with Crippen LogP contribution in [0.3, 0.4) is 0 Å². The largest absolute Gasteiger partial charge is 0.332 e. The Morgan fingerprint density at radius 2 is 2.27 bits per heavy atom. The molecule has 0 atom stereocenters. The first-order valence-electron chi connectivity index (χ1n) is 2.83. The zero-order chi connectivity index (χ0) is 8.27. The highest BCUT2D eigenvalue weighted by atomic mass is 79.9. The molecule has 1 N–H and O–H groups in total. The number of hydrogen-bond donors (Lipinski definition) is 1. The van der Waals surface area contributed by atoms with Gasteiger partial charge in [-0.25, -0.2) is 9.36 Å². The number of rotatable bonds is 1. The normalized spacial score (nSPS) is 10.6. The summed E-state index contributed by atoms with van der Waals surface area (Å²) in [5.74, 6) is 0. The average molecular weight is 217 g/mol. The molecule has 0 unspecified atom stereocenters. The van der Waals surface area contributed by atoms with Crippen molar-refractivity contribution in [2.45, 2.75) is 0 Å². The van der Waals surface area contributed by atoms with E-state index >= 15 is 0 Å². The fraction of sp³-hybridized carbons (Fsp3) is 0. The highest BCUT2D eigenvalue weighted by molar-refractivity contribution is 9.11. The van der Waals surface area contributed by atoms with Gasteiger partial charge in [0.05, 0.1) is 0 Å². The fourth-order valence-electron chi connectivity index (χ4n) is 0.632. The molecule has 0 saturated carbocycles. The molecule has 0 fully saturated rings. The maximum absolute atomic E-state index is 10.9. The molecule has 0 aliphatic heterocycles. The fourth-order valence-corrected chi connectivity index (χ4v) is 0.868. The van der Waals surface area contributed by atoms with Crippen molar-refractivity contribution in [1.29, 1.82) is 0 Å². The SMILES string of the molecule is O=c1cc[nH]c(=O)n1/C=C/Br. The second kappa shape index (κ2) is 3.34. The first-order chi connectivity index (χ1) is 5.25. The van der Waals surface area contributed by atoms with Crippen molar-refractivity contribution in [3.63, 3.8) is 0 Å². The van der Waals surface area contributed by atoms with Crippen LogP contribution in [0.1, 0.15) is 0 Å². The minimum Gasteiger partial charge on any atom is -0.314 e. The van der Waals surface area contributed by atoms with Gasteiger partial charge in [-0.3, -0.25) is 4.79 Å². The van der Waals surface area contributed by atoms with Gasteiger partial charge in [0.15, 0.2) is 0 Å². The minimum atomic E-state index is -0.451. The van der Waals surface area contributed by atoms with Gasteiger partial charge in [-0.05, 0) is 4.99 Å². The Bertz CT molecular complexity index is 348. The Hall–Kier alpha value is -1.10. The van der Waals surface area contributed by atoms with Crippen LogP contribution >= 0.6 is 15.9 Å². The lowest BCUT2D eigenvalue weighted by molar-refractivity contribution is 0.921. The third kappa shape index (κ3) is 1.68. The Kier molecular flexibility index (Phi) is 2.43. The lowest BCUT2D eigenvalue weighted by Gasteiger charge is -1.91. The smallest absolute Gasteiger partial charge is 0.314 e. The topological polar surface area (TPSA) is 54.9 Å². The van der Waals surface area contributed by atoms with Crippen LogP contribution in [0, 0.1) is 0 Å². The number of nitrogens with one attached hydrogen (secondary N) is 1. The molecule has 0 radical (unpaired) electrons. The van der Waals surface area contributed by atoms with Crippen molar-refractivity contribution in [2.75, 3.05) is 0 Å². The van der Waals surface area contributed by atoms with Crippen molar-refractivity contribution in [1.82, 2.24) is 9.55 Å². The van der Waals surface area contributed by atoms with E-state index in [4.69, 9.17) is 0 Å². The van der Waals surface area contributed by atoms with E-state index in [9.17, 15) is 9.59 Å². The maximum atomic E-state index is 10.9. The summed E-state index contributed by atoms with van der Waals surface area (Å²) in [4.78, 5) is 25.6. The maximum Gasteiger partial charge on any atom is 0.332 e. The lowest BCUT2D eigenvalue weighted by Crippen LogP contribution is -2.29. The highest BCUT2D eigenvalue weighted by Crippen LogP contribution is 1.82. The molecule has 58 valence electrons. The van der Waals surface area contributed by atoms with Crippen molar-refractivity contribution in [3.05, 3.63) is 38.1 Å². The number of nitrogens with zero attached hydrogens (tertiary/aromatic N) is 1. The van der Waals surface area contributed by atoms with Crippen LogP contribution in [-0.4, -0.2) is 9.55 Å². The van der Waals surface area contributed by atoms with Crippen molar-refractivity contribution in [2.24, 2.45) is 0 Å². The van der Waals surface area contributed by atoms with Crippen molar-refractivity contribution in [3.8, 4) is 0 Å². The van der Waals surface area contributed by atoms with Gasteiger partial charge in [-0.1, -0.05) is 15.9 Å². The second-order valence-corrected chi connectivity index (χ2v) is 2.29. The molecule has 1 aromatic heterocycles. The van der Waals surface area contributed by atoms with Crippen LogP contribution in [0.2, 0.25) is 0 Å². The molecule has 1 heterocycles. The third-order valence-electron chi connectivity index (χ3n) is 1.09. The third-order valence-corrected chi connectivity index (χ3v) is 1.33. The zero-order valence-electron chi connectivity index (χ0n) is 5.45. The molecule has 11 heavy (non-hydrogen) atoms. The average Bonchev–Trinajstić information content (AvgIpc) is 1.97. The molecular formula is C6H5BrN2O2.